The molecule has 1 saturated heterocycles. The summed E-state index contributed by atoms with van der Waals surface area (Å²) in [6.07, 6.45) is 0.188. The summed E-state index contributed by atoms with van der Waals surface area (Å²) in [7, 11) is 0. The summed E-state index contributed by atoms with van der Waals surface area (Å²) in [6, 6.07) is 15.5. The number of amides is 1. The average molecular weight is 561 g/mol. The number of hydrogen-bond donors (Lipinski definition) is 1. The number of rotatable bonds is 9. The molecule has 0 radical (unpaired) electrons. The van der Waals surface area contributed by atoms with Crippen molar-refractivity contribution in [2.45, 2.75) is 33.2 Å². The number of aliphatic imine (C=N–C) groups is 1. The van der Waals surface area contributed by atoms with Crippen molar-refractivity contribution in [3.05, 3.63) is 87.5 Å². The van der Waals surface area contributed by atoms with Crippen LogP contribution in [0.1, 0.15) is 41.6 Å². The summed E-state index contributed by atoms with van der Waals surface area (Å²) in [5.74, 6) is -0.461. The van der Waals surface area contributed by atoms with Gasteiger partial charge in [-0.1, -0.05) is 65.9 Å². The monoisotopic (exact) mass is 560 g/mol. The van der Waals surface area contributed by atoms with Gasteiger partial charge in [0.15, 0.2) is 5.17 Å². The normalized spacial score (nSPS) is 19.2. The Bertz CT molecular complexity index is 1350. The first-order valence-electron chi connectivity index (χ1n) is 13.8. The molecule has 2 aromatic rings. The second-order valence-corrected chi connectivity index (χ2v) is 10.9. The van der Waals surface area contributed by atoms with Crippen LogP contribution in [0.15, 0.2) is 70.2 Å². The third-order valence-electron chi connectivity index (χ3n) is 7.27. The van der Waals surface area contributed by atoms with Crippen LogP contribution in [0.4, 0.5) is 0 Å². The van der Waals surface area contributed by atoms with E-state index in [0.29, 0.717) is 17.8 Å². The fourth-order valence-corrected chi connectivity index (χ4v) is 6.24. The molecule has 1 fully saturated rings. The Morgan fingerprint density at radius 2 is 1.90 bits per heavy atom. The zero-order valence-electron chi connectivity index (χ0n) is 23.3. The molecule has 8 nitrogen and oxygen atoms in total. The molecule has 5 rings (SSSR count). The molecule has 1 amide bonds. The lowest BCUT2D eigenvalue weighted by Gasteiger charge is -2.37. The van der Waals surface area contributed by atoms with Crippen molar-refractivity contribution in [2.24, 2.45) is 4.99 Å². The first-order valence-corrected chi connectivity index (χ1v) is 14.7. The van der Waals surface area contributed by atoms with E-state index in [1.54, 1.807) is 0 Å². The number of fused-ring (bicyclic) bond motifs is 1. The highest BCUT2D eigenvalue weighted by atomic mass is 32.2. The number of carbonyl (C=O) groups excluding carboxylic acids is 2. The van der Waals surface area contributed by atoms with Crippen LogP contribution in [-0.2, 0) is 19.1 Å². The van der Waals surface area contributed by atoms with Gasteiger partial charge in [-0.05, 0) is 37.3 Å². The molecule has 1 N–H and O–H groups in total. The van der Waals surface area contributed by atoms with E-state index in [4.69, 9.17) is 14.5 Å². The molecule has 3 aliphatic rings. The maximum Gasteiger partial charge on any atom is 0.338 e. The van der Waals surface area contributed by atoms with Crippen molar-refractivity contribution in [3.8, 4) is 0 Å². The number of hydrogen-bond acceptors (Lipinski definition) is 8. The molecule has 0 spiro atoms. The maximum absolute atomic E-state index is 13.7. The fraction of sp³-hybridized carbons (Fsp3) is 0.387. The highest BCUT2D eigenvalue weighted by Gasteiger charge is 2.42. The summed E-state index contributed by atoms with van der Waals surface area (Å²) in [4.78, 5) is 36.1. The summed E-state index contributed by atoms with van der Waals surface area (Å²) in [5, 5.41) is 5.80. The van der Waals surface area contributed by atoms with E-state index in [-0.39, 0.29) is 18.9 Å². The van der Waals surface area contributed by atoms with E-state index >= 15 is 0 Å². The van der Waals surface area contributed by atoms with Gasteiger partial charge < -0.3 is 19.7 Å². The highest BCUT2D eigenvalue weighted by Crippen LogP contribution is 2.47. The lowest BCUT2D eigenvalue weighted by atomic mass is 9.88. The van der Waals surface area contributed by atoms with Gasteiger partial charge in [0.1, 0.15) is 0 Å². The van der Waals surface area contributed by atoms with Gasteiger partial charge in [0, 0.05) is 37.4 Å². The van der Waals surface area contributed by atoms with Crippen LogP contribution in [-0.4, -0.2) is 72.8 Å². The average Bonchev–Trinajstić information content (AvgIpc) is 3.35. The van der Waals surface area contributed by atoms with Gasteiger partial charge >= 0.3 is 5.97 Å². The molecule has 0 aliphatic carbocycles. The van der Waals surface area contributed by atoms with Gasteiger partial charge in [-0.15, -0.1) is 0 Å². The zero-order chi connectivity index (χ0) is 28.1. The first-order chi connectivity index (χ1) is 19.5. The van der Waals surface area contributed by atoms with Crippen LogP contribution in [0.2, 0.25) is 0 Å². The fourth-order valence-electron chi connectivity index (χ4n) is 5.32. The predicted molar refractivity (Wildman–Crippen MR) is 158 cm³/mol. The van der Waals surface area contributed by atoms with Crippen molar-refractivity contribution >= 4 is 34.5 Å². The molecule has 0 aromatic heterocycles. The van der Waals surface area contributed by atoms with Crippen LogP contribution < -0.4 is 5.32 Å². The van der Waals surface area contributed by atoms with Crippen molar-refractivity contribution in [3.63, 3.8) is 0 Å². The van der Waals surface area contributed by atoms with Gasteiger partial charge in [-0.3, -0.25) is 9.69 Å². The summed E-state index contributed by atoms with van der Waals surface area (Å²) >= 11 is 1.48. The molecule has 0 saturated carbocycles. The molecule has 3 aliphatic heterocycles. The Morgan fingerprint density at radius 1 is 1.12 bits per heavy atom. The Balaban J connectivity index is 1.47. The largest absolute Gasteiger partial charge is 0.463 e. The SMILES string of the molecule is CCOC(=O)C1=C(c2ccccc2)N=C2SC=C(CC(=O)NCCN3CCOCC3)N2[C@@H]1c1ccc(C)cc1C. The van der Waals surface area contributed by atoms with E-state index in [0.717, 1.165) is 66.0 Å². The van der Waals surface area contributed by atoms with E-state index in [1.807, 2.05) is 47.6 Å². The minimum atomic E-state index is -0.482. The quantitative estimate of drug-likeness (QED) is 0.455. The van der Waals surface area contributed by atoms with Gasteiger partial charge in [-0.2, -0.15) is 0 Å². The number of thioether (sulfide) groups is 1. The second-order valence-electron chi connectivity index (χ2n) is 10.1. The van der Waals surface area contributed by atoms with Crippen LogP contribution in [0.3, 0.4) is 0 Å². The summed E-state index contributed by atoms with van der Waals surface area (Å²) in [5.41, 5.74) is 5.93. The van der Waals surface area contributed by atoms with E-state index in [9.17, 15) is 9.59 Å². The number of benzene rings is 2. The van der Waals surface area contributed by atoms with Crippen LogP contribution in [0.5, 0.6) is 0 Å². The number of nitrogens with zero attached hydrogens (tertiary/aromatic N) is 3. The molecular formula is C31H36N4O4S. The predicted octanol–water partition coefficient (Wildman–Crippen LogP) is 4.42. The van der Waals surface area contributed by atoms with Crippen LogP contribution in [0.25, 0.3) is 5.70 Å². The minimum Gasteiger partial charge on any atom is -0.463 e. The molecule has 3 heterocycles. The van der Waals surface area contributed by atoms with Gasteiger partial charge in [0.25, 0.3) is 0 Å². The zero-order valence-corrected chi connectivity index (χ0v) is 24.1. The van der Waals surface area contributed by atoms with Crippen molar-refractivity contribution < 1.29 is 19.1 Å². The molecule has 2 aromatic carbocycles. The molecule has 9 heteroatoms. The molecular weight excluding hydrogens is 524 g/mol. The smallest absolute Gasteiger partial charge is 0.338 e. The second kappa shape index (κ2) is 12.8. The van der Waals surface area contributed by atoms with E-state index in [2.05, 4.69) is 42.3 Å². The Morgan fingerprint density at radius 3 is 2.62 bits per heavy atom. The number of ether oxygens (including phenoxy) is 2. The van der Waals surface area contributed by atoms with E-state index < -0.39 is 12.0 Å². The van der Waals surface area contributed by atoms with Crippen molar-refractivity contribution in [1.82, 2.24) is 15.1 Å². The van der Waals surface area contributed by atoms with Crippen molar-refractivity contribution in [2.75, 3.05) is 46.0 Å². The Hall–Kier alpha value is -3.40. The number of morpholine rings is 1. The standard InChI is InChI=1S/C31H36N4O4S/c1-4-39-30(37)27-28(23-8-6-5-7-9-23)33-31-35(29(27)25-11-10-21(2)18-22(25)3)24(20-40-31)19-26(36)32-12-13-34-14-16-38-17-15-34/h5-11,18,20,29H,4,12-17,19H2,1-3H3,(H,32,36)/t29-/m1/s1. The lowest BCUT2D eigenvalue weighted by Crippen LogP contribution is -2.42. The Kier molecular flexibility index (Phi) is 9.04. The van der Waals surface area contributed by atoms with Gasteiger partial charge in [-0.25, -0.2) is 9.79 Å². The molecule has 0 unspecified atom stereocenters. The number of carbonyl (C=O) groups is 2. The maximum atomic E-state index is 13.7. The summed E-state index contributed by atoms with van der Waals surface area (Å²) in [6.45, 7) is 10.8. The first kappa shape index (κ1) is 28.1. The molecule has 210 valence electrons. The minimum absolute atomic E-state index is 0.0590. The lowest BCUT2D eigenvalue weighted by molar-refractivity contribution is -0.139. The topological polar surface area (TPSA) is 83.5 Å². The Labute approximate surface area is 240 Å². The number of nitrogens with one attached hydrogen (secondary N) is 1. The van der Waals surface area contributed by atoms with Gasteiger partial charge in [0.05, 0.1) is 43.6 Å². The number of amidine groups is 1. The van der Waals surface area contributed by atoms with Crippen LogP contribution in [0, 0.1) is 13.8 Å². The number of esters is 1. The van der Waals surface area contributed by atoms with Crippen LogP contribution >= 0.6 is 11.8 Å². The molecule has 0 bridgehead atoms. The highest BCUT2D eigenvalue weighted by molar-refractivity contribution is 8.16. The third kappa shape index (κ3) is 6.16. The molecule has 40 heavy (non-hydrogen) atoms. The van der Waals surface area contributed by atoms with Crippen molar-refractivity contribution in [1.29, 1.82) is 0 Å². The number of aryl methyl sites for hydroxylation is 2. The third-order valence-corrected chi connectivity index (χ3v) is 8.16. The summed E-state index contributed by atoms with van der Waals surface area (Å²) < 4.78 is 11.0. The molecule has 1 atom stereocenters. The van der Waals surface area contributed by atoms with Gasteiger partial charge in [0.2, 0.25) is 5.91 Å². The van der Waals surface area contributed by atoms with E-state index in [1.165, 1.54) is 11.8 Å².